The molecule has 1 N–H and O–H groups in total. The third-order valence-corrected chi connectivity index (χ3v) is 4.93. The van der Waals surface area contributed by atoms with Crippen LogP contribution in [-0.2, 0) is 14.3 Å². The summed E-state index contributed by atoms with van der Waals surface area (Å²) in [5.74, 6) is -0.209. The Kier molecular flexibility index (Phi) is 6.92. The number of amides is 3. The number of imide groups is 1. The maximum atomic E-state index is 12.2. The Morgan fingerprint density at radius 2 is 1.97 bits per heavy atom. The molecule has 1 fully saturated rings. The van der Waals surface area contributed by atoms with E-state index in [4.69, 9.17) is 21.1 Å². The van der Waals surface area contributed by atoms with Crippen LogP contribution in [0.15, 0.2) is 53.4 Å². The Morgan fingerprint density at radius 1 is 1.21 bits per heavy atom. The number of carbonyl (C=O) groups excluding carboxylic acids is 3. The van der Waals surface area contributed by atoms with Crippen molar-refractivity contribution >= 4 is 52.2 Å². The Bertz CT molecular complexity index is 962. The van der Waals surface area contributed by atoms with Crippen LogP contribution in [0.3, 0.4) is 0 Å². The topological polar surface area (TPSA) is 84.9 Å². The first kappa shape index (κ1) is 20.9. The average molecular weight is 433 g/mol. The molecule has 29 heavy (non-hydrogen) atoms. The second kappa shape index (κ2) is 9.60. The molecule has 1 saturated heterocycles. The molecule has 9 heteroatoms. The van der Waals surface area contributed by atoms with Crippen LogP contribution in [0.2, 0.25) is 5.02 Å². The minimum atomic E-state index is -0.389. The molecule has 0 spiro atoms. The molecule has 3 amide bonds. The first-order chi connectivity index (χ1) is 14.0. The van der Waals surface area contributed by atoms with Crippen molar-refractivity contribution in [3.05, 3.63) is 64.0 Å². The summed E-state index contributed by atoms with van der Waals surface area (Å²) >= 11 is 6.74. The van der Waals surface area contributed by atoms with E-state index in [1.165, 1.54) is 7.11 Å². The molecule has 0 aromatic heterocycles. The van der Waals surface area contributed by atoms with Crippen LogP contribution in [0.25, 0.3) is 6.08 Å². The molecule has 2 aromatic carbocycles. The molecule has 1 aliphatic rings. The number of nitrogens with zero attached hydrogens (tertiary/aromatic N) is 1. The highest BCUT2D eigenvalue weighted by atomic mass is 35.5. The van der Waals surface area contributed by atoms with Gasteiger partial charge in [0.15, 0.2) is 6.61 Å². The molecule has 0 atom stereocenters. The van der Waals surface area contributed by atoms with Gasteiger partial charge < -0.3 is 14.8 Å². The molecular weight excluding hydrogens is 416 g/mol. The van der Waals surface area contributed by atoms with Crippen LogP contribution >= 0.6 is 23.4 Å². The first-order valence-electron chi connectivity index (χ1n) is 8.49. The second-order valence-corrected chi connectivity index (χ2v) is 7.37. The number of methoxy groups -OCH3 is 1. The maximum Gasteiger partial charge on any atom is 0.295 e. The minimum Gasteiger partial charge on any atom is -0.484 e. The van der Waals surface area contributed by atoms with Gasteiger partial charge in [-0.1, -0.05) is 29.8 Å². The summed E-state index contributed by atoms with van der Waals surface area (Å²) in [6.45, 7) is -0.242. The summed E-state index contributed by atoms with van der Waals surface area (Å²) in [6.07, 6.45) is 1.62. The second-order valence-electron chi connectivity index (χ2n) is 5.94. The zero-order valence-electron chi connectivity index (χ0n) is 15.4. The molecular formula is C20H17ClN2O5S. The molecule has 1 heterocycles. The Morgan fingerprint density at radius 3 is 2.66 bits per heavy atom. The number of rotatable bonds is 7. The highest BCUT2D eigenvalue weighted by Gasteiger charge is 2.34. The monoisotopic (exact) mass is 432 g/mol. The van der Waals surface area contributed by atoms with Crippen LogP contribution < -0.4 is 10.1 Å². The van der Waals surface area contributed by atoms with Crippen molar-refractivity contribution < 1.29 is 23.9 Å². The number of hydrogen-bond acceptors (Lipinski definition) is 6. The van der Waals surface area contributed by atoms with E-state index in [0.29, 0.717) is 21.4 Å². The Balaban J connectivity index is 1.56. The lowest BCUT2D eigenvalue weighted by molar-refractivity contribution is -0.126. The fourth-order valence-electron chi connectivity index (χ4n) is 2.46. The number of halogens is 1. The van der Waals surface area contributed by atoms with Crippen molar-refractivity contribution in [2.45, 2.75) is 0 Å². The summed E-state index contributed by atoms with van der Waals surface area (Å²) < 4.78 is 10.3. The molecule has 0 radical (unpaired) electrons. The normalized spacial score (nSPS) is 15.1. The molecule has 0 unspecified atom stereocenters. The summed E-state index contributed by atoms with van der Waals surface area (Å²) in [5, 5.41) is 2.85. The minimum absolute atomic E-state index is 0.0773. The maximum absolute atomic E-state index is 12.2. The number of benzene rings is 2. The summed E-state index contributed by atoms with van der Waals surface area (Å²) in [5.41, 5.74) is 1.31. The lowest BCUT2D eigenvalue weighted by Gasteiger charge is -2.09. The predicted octanol–water partition coefficient (Wildman–Crippen LogP) is 4.00. The van der Waals surface area contributed by atoms with Crippen molar-refractivity contribution in [3.8, 4) is 5.75 Å². The smallest absolute Gasteiger partial charge is 0.295 e. The molecule has 0 aliphatic carbocycles. The van der Waals surface area contributed by atoms with Crippen LogP contribution in [0.5, 0.6) is 5.75 Å². The number of ether oxygens (including phenoxy) is 2. The van der Waals surface area contributed by atoms with Crippen molar-refractivity contribution in [1.29, 1.82) is 0 Å². The number of anilines is 1. The molecule has 2 aromatic rings. The summed E-state index contributed by atoms with van der Waals surface area (Å²) in [7, 11) is 1.42. The van der Waals surface area contributed by atoms with E-state index in [-0.39, 0.29) is 30.4 Å². The number of thioether (sulfide) groups is 1. The largest absolute Gasteiger partial charge is 0.484 e. The van der Waals surface area contributed by atoms with Crippen LogP contribution in [0.4, 0.5) is 10.5 Å². The van der Waals surface area contributed by atoms with E-state index < -0.39 is 0 Å². The average Bonchev–Trinajstić information content (AvgIpc) is 2.95. The molecule has 3 rings (SSSR count). The van der Waals surface area contributed by atoms with E-state index in [9.17, 15) is 14.4 Å². The van der Waals surface area contributed by atoms with Gasteiger partial charge in [-0.3, -0.25) is 14.4 Å². The summed E-state index contributed by atoms with van der Waals surface area (Å²) in [6, 6.07) is 13.6. The molecule has 0 bridgehead atoms. The number of carbonyl (C=O) groups is 3. The number of hydrogen-bond donors (Lipinski definition) is 1. The Labute approximate surface area is 176 Å². The molecule has 0 saturated carbocycles. The first-order valence-corrected chi connectivity index (χ1v) is 9.68. The van der Waals surface area contributed by atoms with Gasteiger partial charge in [-0.2, -0.15) is 0 Å². The van der Waals surface area contributed by atoms with E-state index in [1.807, 2.05) is 0 Å². The zero-order chi connectivity index (χ0) is 20.8. The van der Waals surface area contributed by atoms with Gasteiger partial charge in [-0.15, -0.1) is 0 Å². The van der Waals surface area contributed by atoms with Crippen molar-refractivity contribution in [2.24, 2.45) is 0 Å². The van der Waals surface area contributed by atoms with E-state index >= 15 is 0 Å². The highest BCUT2D eigenvalue weighted by Crippen LogP contribution is 2.32. The van der Waals surface area contributed by atoms with Crippen molar-refractivity contribution in [2.75, 3.05) is 25.8 Å². The van der Waals surface area contributed by atoms with E-state index in [1.54, 1.807) is 54.6 Å². The third-order valence-electron chi connectivity index (χ3n) is 3.79. The fraction of sp³-hybridized carbons (Fsp3) is 0.150. The lowest BCUT2D eigenvalue weighted by Crippen LogP contribution is -2.29. The molecule has 7 nitrogen and oxygen atoms in total. The number of nitrogens with one attached hydrogen (secondary N) is 1. The van der Waals surface area contributed by atoms with Crippen LogP contribution in [0.1, 0.15) is 5.56 Å². The van der Waals surface area contributed by atoms with Crippen molar-refractivity contribution in [1.82, 2.24) is 4.90 Å². The SMILES string of the molecule is COCN1C(=O)S/C(=C\c2ccc(OCC(=O)Nc3cccc(Cl)c3)cc2)C1=O. The van der Waals surface area contributed by atoms with E-state index in [2.05, 4.69) is 5.32 Å². The molecule has 1 aliphatic heterocycles. The standard InChI is InChI=1S/C20H17ClN2O5S/c1-27-12-23-19(25)17(29-20(23)26)9-13-5-7-16(8-6-13)28-11-18(24)22-15-4-2-3-14(21)10-15/h2-10H,11-12H2,1H3,(H,22,24)/b17-9-. The van der Waals surface area contributed by atoms with E-state index in [0.717, 1.165) is 22.2 Å². The van der Waals surface area contributed by atoms with Gasteiger partial charge in [0.2, 0.25) is 0 Å². The third kappa shape index (κ3) is 5.60. The van der Waals surface area contributed by atoms with Gasteiger partial charge in [0.25, 0.3) is 17.1 Å². The van der Waals surface area contributed by atoms with Crippen LogP contribution in [0, 0.1) is 0 Å². The predicted molar refractivity (Wildman–Crippen MR) is 112 cm³/mol. The van der Waals surface area contributed by atoms with Gasteiger partial charge >= 0.3 is 0 Å². The van der Waals surface area contributed by atoms with Crippen molar-refractivity contribution in [3.63, 3.8) is 0 Å². The lowest BCUT2D eigenvalue weighted by atomic mass is 10.2. The van der Waals surface area contributed by atoms with Gasteiger partial charge in [-0.25, -0.2) is 4.90 Å². The highest BCUT2D eigenvalue weighted by molar-refractivity contribution is 8.18. The van der Waals surface area contributed by atoms with Gasteiger partial charge in [0.05, 0.1) is 4.91 Å². The zero-order valence-corrected chi connectivity index (χ0v) is 17.0. The quantitative estimate of drug-likeness (QED) is 0.666. The fourth-order valence-corrected chi connectivity index (χ4v) is 3.48. The van der Waals surface area contributed by atoms with Gasteiger partial charge in [-0.05, 0) is 53.7 Å². The molecule has 150 valence electrons. The van der Waals surface area contributed by atoms with Gasteiger partial charge in [0.1, 0.15) is 12.5 Å². The summed E-state index contributed by atoms with van der Waals surface area (Å²) in [4.78, 5) is 37.3. The van der Waals surface area contributed by atoms with Gasteiger partial charge in [0, 0.05) is 17.8 Å². The van der Waals surface area contributed by atoms with Crippen LogP contribution in [-0.4, -0.2) is 42.4 Å². The Hall–Kier alpha value is -2.81.